The third kappa shape index (κ3) is 2.50. The fraction of sp³-hybridized carbons (Fsp3) is 0.667. The van der Waals surface area contributed by atoms with Gasteiger partial charge >= 0.3 is 6.18 Å². The highest BCUT2D eigenvalue weighted by Gasteiger charge is 2.32. The van der Waals surface area contributed by atoms with E-state index in [0.717, 1.165) is 31.8 Å². The Kier molecular flexibility index (Phi) is 2.68. The van der Waals surface area contributed by atoms with Crippen LogP contribution in [0.4, 0.5) is 13.2 Å². The number of alkyl halides is 3. The lowest BCUT2D eigenvalue weighted by atomic mass is 10.2. The molecule has 2 heterocycles. The lowest BCUT2D eigenvalue weighted by Crippen LogP contribution is -2.26. The summed E-state index contributed by atoms with van der Waals surface area (Å²) in [6.07, 6.45) is -0.282. The number of rotatable bonds is 2. The highest BCUT2D eigenvalue weighted by Crippen LogP contribution is 2.28. The zero-order valence-electron chi connectivity index (χ0n) is 8.09. The van der Waals surface area contributed by atoms with Crippen molar-refractivity contribution in [2.75, 3.05) is 6.54 Å². The van der Waals surface area contributed by atoms with Crippen LogP contribution in [0.1, 0.15) is 18.4 Å². The van der Waals surface area contributed by atoms with Crippen LogP contribution in [-0.2, 0) is 12.7 Å². The minimum atomic E-state index is -4.29. The van der Waals surface area contributed by atoms with Crippen molar-refractivity contribution in [3.63, 3.8) is 0 Å². The first-order chi connectivity index (χ1) is 7.05. The minimum Gasteiger partial charge on any atom is -0.312 e. The number of aromatic nitrogens is 2. The SMILES string of the molecule is FC(F)(F)c1cnn(C[C@H]2CCCN2)c1. The van der Waals surface area contributed by atoms with Gasteiger partial charge in [-0.05, 0) is 19.4 Å². The number of nitrogens with one attached hydrogen (secondary N) is 1. The first-order valence-electron chi connectivity index (χ1n) is 4.89. The normalized spacial score (nSPS) is 22.2. The second-order valence-electron chi connectivity index (χ2n) is 3.74. The summed E-state index contributed by atoms with van der Waals surface area (Å²) >= 11 is 0. The van der Waals surface area contributed by atoms with Crippen LogP contribution in [-0.4, -0.2) is 22.4 Å². The monoisotopic (exact) mass is 219 g/mol. The highest BCUT2D eigenvalue weighted by molar-refractivity contribution is 5.08. The molecular formula is C9H12F3N3. The Morgan fingerprint density at radius 2 is 2.33 bits per heavy atom. The number of nitrogens with zero attached hydrogens (tertiary/aromatic N) is 2. The van der Waals surface area contributed by atoms with Crippen molar-refractivity contribution >= 4 is 0 Å². The number of halogens is 3. The molecule has 0 amide bonds. The predicted molar refractivity (Wildman–Crippen MR) is 48.3 cm³/mol. The van der Waals surface area contributed by atoms with E-state index in [0.29, 0.717) is 6.54 Å². The average Bonchev–Trinajstić information content (AvgIpc) is 2.73. The third-order valence-corrected chi connectivity index (χ3v) is 2.53. The molecule has 15 heavy (non-hydrogen) atoms. The lowest BCUT2D eigenvalue weighted by molar-refractivity contribution is -0.137. The zero-order chi connectivity index (χ0) is 10.9. The van der Waals surface area contributed by atoms with E-state index < -0.39 is 11.7 Å². The first kappa shape index (κ1) is 10.5. The van der Waals surface area contributed by atoms with Crippen LogP contribution in [0.25, 0.3) is 0 Å². The molecule has 0 aliphatic carbocycles. The summed E-state index contributed by atoms with van der Waals surface area (Å²) in [6, 6.07) is 0.256. The summed E-state index contributed by atoms with van der Waals surface area (Å²) in [5.74, 6) is 0. The molecule has 1 aromatic rings. The van der Waals surface area contributed by atoms with Crippen LogP contribution in [0.15, 0.2) is 12.4 Å². The van der Waals surface area contributed by atoms with E-state index in [2.05, 4.69) is 10.4 Å². The Hall–Kier alpha value is -1.04. The minimum absolute atomic E-state index is 0.256. The molecule has 0 unspecified atom stereocenters. The molecule has 2 rings (SSSR count). The van der Waals surface area contributed by atoms with Gasteiger partial charge in [0.05, 0.1) is 18.3 Å². The molecule has 1 atom stereocenters. The van der Waals surface area contributed by atoms with Gasteiger partial charge in [-0.25, -0.2) is 0 Å². The van der Waals surface area contributed by atoms with Crippen LogP contribution in [0.3, 0.4) is 0 Å². The molecule has 1 fully saturated rings. The molecule has 3 nitrogen and oxygen atoms in total. The van der Waals surface area contributed by atoms with E-state index in [4.69, 9.17) is 0 Å². The van der Waals surface area contributed by atoms with Gasteiger partial charge < -0.3 is 5.32 Å². The van der Waals surface area contributed by atoms with Gasteiger partial charge in [0, 0.05) is 12.2 Å². The van der Waals surface area contributed by atoms with Crippen LogP contribution >= 0.6 is 0 Å². The predicted octanol–water partition coefficient (Wildman–Crippen LogP) is 1.65. The summed E-state index contributed by atoms with van der Waals surface area (Å²) in [4.78, 5) is 0. The van der Waals surface area contributed by atoms with Crippen molar-refractivity contribution in [1.82, 2.24) is 15.1 Å². The Labute approximate surface area is 85.3 Å². The van der Waals surface area contributed by atoms with Gasteiger partial charge in [-0.2, -0.15) is 18.3 Å². The van der Waals surface area contributed by atoms with Crippen molar-refractivity contribution in [2.24, 2.45) is 0 Å². The van der Waals surface area contributed by atoms with E-state index in [1.54, 1.807) is 0 Å². The maximum Gasteiger partial charge on any atom is 0.419 e. The summed E-state index contributed by atoms with van der Waals surface area (Å²) < 4.78 is 38.1. The lowest BCUT2D eigenvalue weighted by Gasteiger charge is -2.09. The standard InChI is InChI=1S/C9H12F3N3/c10-9(11,12)7-4-14-15(5-7)6-8-2-1-3-13-8/h4-5,8,13H,1-3,6H2/t8-/m1/s1. The number of hydrogen-bond donors (Lipinski definition) is 1. The molecule has 1 aliphatic rings. The zero-order valence-corrected chi connectivity index (χ0v) is 8.09. The van der Waals surface area contributed by atoms with Gasteiger partial charge in [0.25, 0.3) is 0 Å². The smallest absolute Gasteiger partial charge is 0.312 e. The summed E-state index contributed by atoms with van der Waals surface area (Å²) in [5.41, 5.74) is -0.680. The highest BCUT2D eigenvalue weighted by atomic mass is 19.4. The average molecular weight is 219 g/mol. The van der Waals surface area contributed by atoms with Gasteiger partial charge in [0.15, 0.2) is 0 Å². The molecule has 0 radical (unpaired) electrons. The molecule has 0 spiro atoms. The molecule has 84 valence electrons. The van der Waals surface area contributed by atoms with Crippen molar-refractivity contribution in [1.29, 1.82) is 0 Å². The molecule has 1 aromatic heterocycles. The van der Waals surface area contributed by atoms with Crippen molar-refractivity contribution in [3.8, 4) is 0 Å². The Morgan fingerprint density at radius 3 is 2.87 bits per heavy atom. The topological polar surface area (TPSA) is 29.9 Å². The fourth-order valence-electron chi connectivity index (χ4n) is 1.75. The largest absolute Gasteiger partial charge is 0.419 e. The molecule has 0 aromatic carbocycles. The number of hydrogen-bond acceptors (Lipinski definition) is 2. The van der Waals surface area contributed by atoms with Crippen LogP contribution in [0.2, 0.25) is 0 Å². The summed E-state index contributed by atoms with van der Waals surface area (Å²) in [6.45, 7) is 1.45. The second kappa shape index (κ2) is 3.84. The summed E-state index contributed by atoms with van der Waals surface area (Å²) in [5, 5.41) is 6.91. The van der Waals surface area contributed by atoms with E-state index >= 15 is 0 Å². The maximum absolute atomic E-state index is 12.2. The van der Waals surface area contributed by atoms with Crippen LogP contribution in [0, 0.1) is 0 Å². The fourth-order valence-corrected chi connectivity index (χ4v) is 1.75. The van der Waals surface area contributed by atoms with Crippen LogP contribution in [0.5, 0.6) is 0 Å². The Bertz CT molecular complexity index is 326. The van der Waals surface area contributed by atoms with E-state index in [1.807, 2.05) is 0 Å². The van der Waals surface area contributed by atoms with Gasteiger partial charge in [-0.1, -0.05) is 0 Å². The molecule has 6 heteroatoms. The first-order valence-corrected chi connectivity index (χ1v) is 4.89. The quantitative estimate of drug-likeness (QED) is 0.819. The Balaban J connectivity index is 2.00. The van der Waals surface area contributed by atoms with Gasteiger partial charge in [0.1, 0.15) is 0 Å². The van der Waals surface area contributed by atoms with E-state index in [9.17, 15) is 13.2 Å². The second-order valence-corrected chi connectivity index (χ2v) is 3.74. The summed E-state index contributed by atoms with van der Waals surface area (Å²) in [7, 11) is 0. The molecule has 1 saturated heterocycles. The van der Waals surface area contributed by atoms with E-state index in [-0.39, 0.29) is 6.04 Å². The van der Waals surface area contributed by atoms with Gasteiger partial charge in [-0.3, -0.25) is 4.68 Å². The molecule has 0 bridgehead atoms. The van der Waals surface area contributed by atoms with Crippen LogP contribution < -0.4 is 5.32 Å². The van der Waals surface area contributed by atoms with Crippen molar-refractivity contribution in [2.45, 2.75) is 31.6 Å². The molecule has 0 saturated carbocycles. The molecule has 1 N–H and O–H groups in total. The maximum atomic E-state index is 12.2. The molecule has 1 aliphatic heterocycles. The molecular weight excluding hydrogens is 207 g/mol. The Morgan fingerprint density at radius 1 is 1.53 bits per heavy atom. The van der Waals surface area contributed by atoms with Crippen molar-refractivity contribution in [3.05, 3.63) is 18.0 Å². The van der Waals surface area contributed by atoms with Crippen molar-refractivity contribution < 1.29 is 13.2 Å². The third-order valence-electron chi connectivity index (χ3n) is 2.53. The van der Waals surface area contributed by atoms with Gasteiger partial charge in [0.2, 0.25) is 0 Å². The van der Waals surface area contributed by atoms with E-state index in [1.165, 1.54) is 4.68 Å². The van der Waals surface area contributed by atoms with Gasteiger partial charge in [-0.15, -0.1) is 0 Å².